The van der Waals surface area contributed by atoms with Crippen molar-refractivity contribution in [2.75, 3.05) is 13.1 Å². The zero-order valence-corrected chi connectivity index (χ0v) is 18.3. The van der Waals surface area contributed by atoms with Crippen molar-refractivity contribution in [2.24, 2.45) is 11.7 Å². The largest absolute Gasteiger partial charge is 0.366 e. The summed E-state index contributed by atoms with van der Waals surface area (Å²) in [4.78, 5) is 12.6. The molecule has 1 amide bonds. The van der Waals surface area contributed by atoms with Gasteiger partial charge in [0.05, 0.1) is 10.5 Å². The van der Waals surface area contributed by atoms with E-state index in [9.17, 15) is 13.2 Å². The van der Waals surface area contributed by atoms with Crippen LogP contribution >= 0.6 is 23.7 Å². The summed E-state index contributed by atoms with van der Waals surface area (Å²) in [5.74, 6) is -0.148. The maximum absolute atomic E-state index is 12.8. The molecular weight excluding hydrogens is 418 g/mol. The normalized spacial score (nSPS) is 16.4. The highest BCUT2D eigenvalue weighted by molar-refractivity contribution is 7.89. The second-order valence-electron chi connectivity index (χ2n) is 7.00. The van der Waals surface area contributed by atoms with E-state index in [4.69, 9.17) is 5.73 Å². The smallest absolute Gasteiger partial charge is 0.250 e. The van der Waals surface area contributed by atoms with Gasteiger partial charge >= 0.3 is 0 Å². The predicted octanol–water partition coefficient (Wildman–Crippen LogP) is 2.91. The summed E-state index contributed by atoms with van der Waals surface area (Å²) in [5.41, 5.74) is 7.50. The molecule has 154 valence electrons. The summed E-state index contributed by atoms with van der Waals surface area (Å²) < 4.78 is 28.5. The molecule has 2 aromatic rings. The van der Waals surface area contributed by atoms with Crippen molar-refractivity contribution in [3.63, 3.8) is 0 Å². The first-order valence-corrected chi connectivity index (χ1v) is 11.4. The zero-order valence-electron chi connectivity index (χ0n) is 15.9. The molecule has 1 aliphatic rings. The minimum atomic E-state index is -3.60. The lowest BCUT2D eigenvalue weighted by molar-refractivity contribution is 0.100. The molecule has 28 heavy (non-hydrogen) atoms. The number of sulfonamides is 1. The van der Waals surface area contributed by atoms with Gasteiger partial charge in [-0.05, 0) is 80.4 Å². The lowest BCUT2D eigenvalue weighted by atomic mass is 9.92. The van der Waals surface area contributed by atoms with Crippen LogP contribution in [-0.2, 0) is 10.0 Å². The molecule has 1 unspecified atom stereocenters. The Balaban J connectivity index is 0.00000280. The summed E-state index contributed by atoms with van der Waals surface area (Å²) in [6.07, 6.45) is 1.94. The number of aryl methyl sites for hydroxylation is 1. The fraction of sp³-hybridized carbons (Fsp3) is 0.421. The number of rotatable bonds is 6. The van der Waals surface area contributed by atoms with Crippen LogP contribution in [0.2, 0.25) is 0 Å². The summed E-state index contributed by atoms with van der Waals surface area (Å²) in [6, 6.07) is 6.56. The first-order chi connectivity index (χ1) is 12.8. The standard InChI is InChI=1S/C19H25N3O3S2.ClH/c1-12-11-15(3-4-16(12)18-17(19(20)23)7-10-26-18)27(24,25)22-13(2)14-5-8-21-9-6-14;/h3-4,7,10-11,13-14,21-22H,5-6,8-9H2,1-2H3,(H2,20,23);1H. The molecule has 9 heteroatoms. The van der Waals surface area contributed by atoms with Crippen molar-refractivity contribution in [3.05, 3.63) is 40.8 Å². The molecule has 1 aliphatic heterocycles. The van der Waals surface area contributed by atoms with Crippen molar-refractivity contribution >= 4 is 39.7 Å². The third-order valence-electron chi connectivity index (χ3n) is 5.12. The van der Waals surface area contributed by atoms with Crippen LogP contribution in [0, 0.1) is 12.8 Å². The molecule has 0 saturated carbocycles. The number of nitrogens with two attached hydrogens (primary N) is 1. The lowest BCUT2D eigenvalue weighted by Crippen LogP contribution is -2.42. The van der Waals surface area contributed by atoms with Crippen LogP contribution < -0.4 is 15.8 Å². The topological polar surface area (TPSA) is 101 Å². The minimum absolute atomic E-state index is 0. The van der Waals surface area contributed by atoms with E-state index in [0.717, 1.165) is 41.9 Å². The number of carbonyl (C=O) groups is 1. The van der Waals surface area contributed by atoms with Gasteiger partial charge in [0.2, 0.25) is 15.9 Å². The Morgan fingerprint density at radius 2 is 1.96 bits per heavy atom. The summed E-state index contributed by atoms with van der Waals surface area (Å²) in [7, 11) is -3.60. The number of hydrogen-bond acceptors (Lipinski definition) is 5. The Morgan fingerprint density at radius 3 is 2.57 bits per heavy atom. The molecular formula is C19H26ClN3O3S2. The van der Waals surface area contributed by atoms with Crippen LogP contribution in [0.3, 0.4) is 0 Å². The van der Waals surface area contributed by atoms with Gasteiger partial charge < -0.3 is 11.1 Å². The molecule has 2 heterocycles. The number of benzene rings is 1. The lowest BCUT2D eigenvalue weighted by Gasteiger charge is -2.28. The molecule has 0 radical (unpaired) electrons. The van der Waals surface area contributed by atoms with Crippen LogP contribution in [0.15, 0.2) is 34.5 Å². The highest BCUT2D eigenvalue weighted by Gasteiger charge is 2.25. The Labute approximate surface area is 176 Å². The maximum Gasteiger partial charge on any atom is 0.250 e. The molecule has 1 saturated heterocycles. The number of thiophene rings is 1. The SMILES string of the molecule is Cc1cc(S(=O)(=O)NC(C)C2CCNCC2)ccc1-c1sccc1C(N)=O.Cl. The molecule has 1 aromatic heterocycles. The third-order valence-corrected chi connectivity index (χ3v) is 7.62. The maximum atomic E-state index is 12.8. The van der Waals surface area contributed by atoms with Crippen LogP contribution in [0.4, 0.5) is 0 Å². The van der Waals surface area contributed by atoms with E-state index in [2.05, 4.69) is 10.0 Å². The van der Waals surface area contributed by atoms with Gasteiger partial charge in [-0.2, -0.15) is 0 Å². The van der Waals surface area contributed by atoms with Crippen LogP contribution in [0.5, 0.6) is 0 Å². The molecule has 3 rings (SSSR count). The second-order valence-corrected chi connectivity index (χ2v) is 9.63. The van der Waals surface area contributed by atoms with Crippen LogP contribution in [0.1, 0.15) is 35.7 Å². The quantitative estimate of drug-likeness (QED) is 0.638. The summed E-state index contributed by atoms with van der Waals surface area (Å²) >= 11 is 1.42. The number of nitrogens with one attached hydrogen (secondary N) is 2. The third kappa shape index (κ3) is 4.93. The Hall–Kier alpha value is -1.45. The summed E-state index contributed by atoms with van der Waals surface area (Å²) in [5, 5.41) is 5.10. The summed E-state index contributed by atoms with van der Waals surface area (Å²) in [6.45, 7) is 5.62. The van der Waals surface area contributed by atoms with E-state index in [1.54, 1.807) is 24.3 Å². The van der Waals surface area contributed by atoms with Gasteiger partial charge in [-0.15, -0.1) is 23.7 Å². The van der Waals surface area contributed by atoms with Crippen LogP contribution in [-0.4, -0.2) is 33.5 Å². The first-order valence-electron chi connectivity index (χ1n) is 9.01. The van der Waals surface area contributed by atoms with Gasteiger partial charge in [0.25, 0.3) is 0 Å². The highest BCUT2D eigenvalue weighted by atomic mass is 35.5. The number of carbonyl (C=O) groups excluding carboxylic acids is 1. The second kappa shape index (κ2) is 9.37. The molecule has 1 atom stereocenters. The van der Waals surface area contributed by atoms with Crippen molar-refractivity contribution in [3.8, 4) is 10.4 Å². The molecule has 1 aromatic carbocycles. The number of hydrogen-bond donors (Lipinski definition) is 3. The van der Waals surface area contributed by atoms with E-state index in [1.165, 1.54) is 11.3 Å². The highest BCUT2D eigenvalue weighted by Crippen LogP contribution is 2.33. The van der Waals surface area contributed by atoms with Crippen molar-refractivity contribution in [1.82, 2.24) is 10.0 Å². The number of amides is 1. The van der Waals surface area contributed by atoms with E-state index >= 15 is 0 Å². The van der Waals surface area contributed by atoms with E-state index in [1.807, 2.05) is 19.2 Å². The fourth-order valence-corrected chi connectivity index (χ4v) is 5.91. The van der Waals surface area contributed by atoms with E-state index < -0.39 is 15.9 Å². The van der Waals surface area contributed by atoms with Crippen molar-refractivity contribution < 1.29 is 13.2 Å². The van der Waals surface area contributed by atoms with Crippen molar-refractivity contribution in [1.29, 1.82) is 0 Å². The van der Waals surface area contributed by atoms with Crippen molar-refractivity contribution in [2.45, 2.75) is 37.6 Å². The van der Waals surface area contributed by atoms with Gasteiger partial charge in [-0.25, -0.2) is 13.1 Å². The van der Waals surface area contributed by atoms with Gasteiger partial charge in [0, 0.05) is 10.9 Å². The predicted molar refractivity (Wildman–Crippen MR) is 116 cm³/mol. The van der Waals surface area contributed by atoms with Gasteiger partial charge in [0.15, 0.2) is 0 Å². The first kappa shape index (κ1) is 22.8. The average molecular weight is 444 g/mol. The van der Waals surface area contributed by atoms with Gasteiger partial charge in [0.1, 0.15) is 0 Å². The van der Waals surface area contributed by atoms with Crippen LogP contribution in [0.25, 0.3) is 10.4 Å². The van der Waals surface area contributed by atoms with E-state index in [0.29, 0.717) is 11.5 Å². The Morgan fingerprint density at radius 1 is 1.29 bits per heavy atom. The molecule has 4 N–H and O–H groups in total. The average Bonchev–Trinajstić information content (AvgIpc) is 3.11. The molecule has 1 fully saturated rings. The fourth-order valence-electron chi connectivity index (χ4n) is 3.52. The van der Waals surface area contributed by atoms with E-state index in [-0.39, 0.29) is 23.3 Å². The molecule has 6 nitrogen and oxygen atoms in total. The van der Waals surface area contributed by atoms with Gasteiger partial charge in [-0.3, -0.25) is 4.79 Å². The Bertz CT molecular complexity index is 938. The number of halogens is 1. The molecule has 0 bridgehead atoms. The Kier molecular flexibility index (Phi) is 7.64. The number of primary amides is 1. The van der Waals surface area contributed by atoms with Gasteiger partial charge in [-0.1, -0.05) is 6.07 Å². The zero-order chi connectivity index (χ0) is 19.6. The number of piperidine rings is 1. The minimum Gasteiger partial charge on any atom is -0.366 e. The monoisotopic (exact) mass is 443 g/mol. The molecule has 0 spiro atoms. The molecule has 0 aliphatic carbocycles.